The van der Waals surface area contributed by atoms with Gasteiger partial charge in [0.1, 0.15) is 0 Å². The summed E-state index contributed by atoms with van der Waals surface area (Å²) in [5, 5.41) is 3.35. The molecule has 2 aromatic rings. The lowest BCUT2D eigenvalue weighted by Crippen LogP contribution is -2.64. The summed E-state index contributed by atoms with van der Waals surface area (Å²) in [5.41, 5.74) is 1.12. The number of esters is 1. The van der Waals surface area contributed by atoms with Crippen LogP contribution in [-0.2, 0) is 16.1 Å². The topological polar surface area (TPSA) is 73.2 Å². The molecule has 1 aromatic carbocycles. The number of imidazole rings is 1. The zero-order valence-corrected chi connectivity index (χ0v) is 16.8. The summed E-state index contributed by atoms with van der Waals surface area (Å²) in [5.74, 6) is 0.886. The largest absolute Gasteiger partial charge is 0.469 e. The van der Waals surface area contributed by atoms with Crippen molar-refractivity contribution in [1.82, 2.24) is 14.9 Å². The van der Waals surface area contributed by atoms with Crippen molar-refractivity contribution in [2.75, 3.05) is 7.11 Å². The van der Waals surface area contributed by atoms with Crippen molar-refractivity contribution in [2.24, 2.45) is 17.3 Å². The van der Waals surface area contributed by atoms with E-state index < -0.39 is 5.41 Å². The maximum Gasteiger partial charge on any atom is 0.311 e. The smallest absolute Gasteiger partial charge is 0.311 e. The van der Waals surface area contributed by atoms with E-state index in [4.69, 9.17) is 4.74 Å². The molecule has 4 atom stereocenters. The Labute approximate surface area is 170 Å². The Morgan fingerprint density at radius 1 is 1.17 bits per heavy atom. The summed E-state index contributed by atoms with van der Waals surface area (Å²) in [6.45, 7) is 0.733. The average Bonchev–Trinajstić information content (AvgIpc) is 3.19. The van der Waals surface area contributed by atoms with E-state index in [0.29, 0.717) is 23.8 Å². The third kappa shape index (κ3) is 3.24. The van der Waals surface area contributed by atoms with Crippen LogP contribution in [0.2, 0.25) is 0 Å². The lowest BCUT2D eigenvalue weighted by atomic mass is 9.47. The van der Waals surface area contributed by atoms with Gasteiger partial charge in [-0.05, 0) is 68.1 Å². The van der Waals surface area contributed by atoms with Crippen molar-refractivity contribution in [3.05, 3.63) is 54.1 Å². The molecule has 6 rings (SSSR count). The van der Waals surface area contributed by atoms with Gasteiger partial charge in [-0.1, -0.05) is 12.1 Å². The number of hydrogen-bond donors (Lipinski definition) is 1. The van der Waals surface area contributed by atoms with Crippen molar-refractivity contribution in [2.45, 2.75) is 50.6 Å². The first-order valence-corrected chi connectivity index (χ1v) is 10.4. The van der Waals surface area contributed by atoms with Gasteiger partial charge in [-0.2, -0.15) is 0 Å². The summed E-state index contributed by atoms with van der Waals surface area (Å²) >= 11 is 0. The molecule has 4 fully saturated rings. The standard InChI is InChI=1S/C23H27N3O3/c1-29-21(28)22-9-17-8-18(10-22)12-23(11-17,14-22)25-20(27)19-4-2-16(3-5-19)13-26-7-6-24-15-26/h2-7,15,17-18H,8-14H2,1H3,(H,25,27)/t17-,18+,22?,23?. The highest BCUT2D eigenvalue weighted by atomic mass is 16.5. The van der Waals surface area contributed by atoms with Crippen LogP contribution in [0.5, 0.6) is 0 Å². The van der Waals surface area contributed by atoms with Crippen molar-refractivity contribution in [1.29, 1.82) is 0 Å². The Balaban J connectivity index is 1.32. The van der Waals surface area contributed by atoms with E-state index in [1.807, 2.05) is 35.0 Å². The minimum Gasteiger partial charge on any atom is -0.469 e. The molecule has 4 saturated carbocycles. The maximum atomic E-state index is 13.1. The van der Waals surface area contributed by atoms with Gasteiger partial charge in [-0.3, -0.25) is 9.59 Å². The van der Waals surface area contributed by atoms with E-state index in [-0.39, 0.29) is 17.4 Å². The highest BCUT2D eigenvalue weighted by molar-refractivity contribution is 5.95. The highest BCUT2D eigenvalue weighted by Crippen LogP contribution is 2.62. The second-order valence-corrected chi connectivity index (χ2v) is 9.40. The number of hydrogen-bond acceptors (Lipinski definition) is 4. The van der Waals surface area contributed by atoms with Crippen LogP contribution in [0.25, 0.3) is 0 Å². The number of methoxy groups -OCH3 is 1. The minimum atomic E-state index is -0.402. The Morgan fingerprint density at radius 3 is 2.52 bits per heavy atom. The number of amides is 1. The molecule has 1 N–H and O–H groups in total. The van der Waals surface area contributed by atoms with Crippen LogP contribution >= 0.6 is 0 Å². The van der Waals surface area contributed by atoms with Crippen LogP contribution in [0.3, 0.4) is 0 Å². The number of nitrogens with zero attached hydrogens (tertiary/aromatic N) is 2. The number of nitrogens with one attached hydrogen (secondary N) is 1. The highest BCUT2D eigenvalue weighted by Gasteiger charge is 2.61. The molecule has 1 amide bonds. The minimum absolute atomic E-state index is 0.0406. The number of carbonyl (C=O) groups excluding carboxylic acids is 2. The number of aromatic nitrogens is 2. The molecule has 6 nitrogen and oxygen atoms in total. The third-order valence-electron chi connectivity index (χ3n) is 7.20. The Bertz CT molecular complexity index is 905. The lowest BCUT2D eigenvalue weighted by Gasteiger charge is -2.60. The first kappa shape index (κ1) is 18.4. The fraction of sp³-hybridized carbons (Fsp3) is 0.522. The van der Waals surface area contributed by atoms with Gasteiger partial charge in [0.05, 0.1) is 18.9 Å². The van der Waals surface area contributed by atoms with Gasteiger partial charge in [-0.25, -0.2) is 4.98 Å². The van der Waals surface area contributed by atoms with Gasteiger partial charge >= 0.3 is 5.97 Å². The van der Waals surface area contributed by atoms with Crippen LogP contribution in [0, 0.1) is 17.3 Å². The molecule has 1 aromatic heterocycles. The Morgan fingerprint density at radius 2 is 1.90 bits per heavy atom. The normalized spacial score (nSPS) is 32.2. The van der Waals surface area contributed by atoms with Crippen molar-refractivity contribution in [3.8, 4) is 0 Å². The van der Waals surface area contributed by atoms with Gasteiger partial charge in [-0.15, -0.1) is 0 Å². The summed E-state index contributed by atoms with van der Waals surface area (Å²) in [6.07, 6.45) is 11.1. The molecule has 0 spiro atoms. The molecule has 4 bridgehead atoms. The average molecular weight is 393 g/mol. The Kier molecular flexibility index (Phi) is 4.26. The molecule has 0 saturated heterocycles. The van der Waals surface area contributed by atoms with Gasteiger partial charge in [0, 0.05) is 30.0 Å². The number of benzene rings is 1. The Hall–Kier alpha value is -2.63. The second-order valence-electron chi connectivity index (χ2n) is 9.40. The molecule has 2 unspecified atom stereocenters. The summed E-state index contributed by atoms with van der Waals surface area (Å²) in [7, 11) is 1.48. The lowest BCUT2D eigenvalue weighted by molar-refractivity contribution is -0.171. The van der Waals surface area contributed by atoms with Gasteiger partial charge in [0.2, 0.25) is 0 Å². The fourth-order valence-corrected chi connectivity index (χ4v) is 6.53. The van der Waals surface area contributed by atoms with Gasteiger partial charge in [0.15, 0.2) is 0 Å². The molecule has 0 radical (unpaired) electrons. The second kappa shape index (κ2) is 6.71. The molecule has 4 aliphatic rings. The van der Waals surface area contributed by atoms with Gasteiger partial charge < -0.3 is 14.6 Å². The van der Waals surface area contributed by atoms with E-state index >= 15 is 0 Å². The third-order valence-corrected chi connectivity index (χ3v) is 7.20. The summed E-state index contributed by atoms with van der Waals surface area (Å²) < 4.78 is 7.16. The first-order chi connectivity index (χ1) is 14.0. The number of ether oxygens (including phenoxy) is 1. The van der Waals surface area contributed by atoms with Gasteiger partial charge in [0.25, 0.3) is 5.91 Å². The van der Waals surface area contributed by atoms with Crippen LogP contribution in [0.1, 0.15) is 54.4 Å². The number of rotatable bonds is 5. The summed E-state index contributed by atoms with van der Waals surface area (Å²) in [4.78, 5) is 29.7. The van der Waals surface area contributed by atoms with Crippen molar-refractivity contribution < 1.29 is 14.3 Å². The van der Waals surface area contributed by atoms with E-state index in [2.05, 4.69) is 10.3 Å². The van der Waals surface area contributed by atoms with Crippen LogP contribution in [0.4, 0.5) is 0 Å². The predicted octanol–water partition coefficient (Wildman–Crippen LogP) is 3.17. The quantitative estimate of drug-likeness (QED) is 0.792. The first-order valence-electron chi connectivity index (χ1n) is 10.4. The zero-order valence-electron chi connectivity index (χ0n) is 16.8. The molecule has 0 aliphatic heterocycles. The molecular weight excluding hydrogens is 366 g/mol. The van der Waals surface area contributed by atoms with Crippen LogP contribution < -0.4 is 5.32 Å². The fourth-order valence-electron chi connectivity index (χ4n) is 6.53. The SMILES string of the molecule is COC(=O)C12C[C@@H]3C[C@@H](CC(NC(=O)c4ccc(Cn5ccnc5)cc4)(C3)C1)C2. The molecule has 4 aliphatic carbocycles. The monoisotopic (exact) mass is 393 g/mol. The summed E-state index contributed by atoms with van der Waals surface area (Å²) in [6, 6.07) is 7.76. The molecule has 6 heteroatoms. The van der Waals surface area contributed by atoms with Crippen molar-refractivity contribution >= 4 is 11.9 Å². The number of carbonyl (C=O) groups is 2. The van der Waals surface area contributed by atoms with Crippen molar-refractivity contribution in [3.63, 3.8) is 0 Å². The van der Waals surface area contributed by atoms with Crippen LogP contribution in [-0.4, -0.2) is 34.1 Å². The molecule has 29 heavy (non-hydrogen) atoms. The van der Waals surface area contributed by atoms with E-state index in [1.54, 1.807) is 12.5 Å². The molecule has 1 heterocycles. The van der Waals surface area contributed by atoms with E-state index in [1.165, 1.54) is 13.5 Å². The molecular formula is C23H27N3O3. The maximum absolute atomic E-state index is 13.1. The molecule has 152 valence electrons. The van der Waals surface area contributed by atoms with E-state index in [0.717, 1.165) is 37.8 Å². The zero-order chi connectivity index (χ0) is 20.1. The van der Waals surface area contributed by atoms with E-state index in [9.17, 15) is 9.59 Å². The van der Waals surface area contributed by atoms with Crippen LogP contribution in [0.15, 0.2) is 43.0 Å². The predicted molar refractivity (Wildman–Crippen MR) is 107 cm³/mol.